The average Bonchev–Trinajstić information content (AvgIpc) is 3.00. The van der Waals surface area contributed by atoms with Crippen LogP contribution >= 0.6 is 0 Å². The van der Waals surface area contributed by atoms with Crippen LogP contribution in [0, 0.1) is 0 Å². The van der Waals surface area contributed by atoms with Crippen molar-refractivity contribution in [3.8, 4) is 0 Å². The minimum Gasteiger partial charge on any atom is -0.379 e. The van der Waals surface area contributed by atoms with Gasteiger partial charge in [0.1, 0.15) is 6.67 Å². The Morgan fingerprint density at radius 3 is 0.524 bits per heavy atom. The summed E-state index contributed by atoms with van der Waals surface area (Å²) in [6.45, 7) is 14.5. The van der Waals surface area contributed by atoms with Crippen LogP contribution in [0.25, 0.3) is 0 Å². The molecule has 0 N–H and O–H groups in total. The van der Waals surface area contributed by atoms with E-state index >= 15 is 0 Å². The second-order valence-electron chi connectivity index (χ2n) is 8.23. The Labute approximate surface area is 251 Å². The topological polar surface area (TPSA) is 120 Å². The predicted octanol–water partition coefficient (Wildman–Crippen LogP) is 1.19. The summed E-state index contributed by atoms with van der Waals surface area (Å²) in [6, 6.07) is 0. The summed E-state index contributed by atoms with van der Waals surface area (Å²) in [5.41, 5.74) is 0. The normalized spacial score (nSPS) is 11.6. The lowest BCUT2D eigenvalue weighted by Crippen LogP contribution is -2.15. The number of halogens is 1. The zero-order chi connectivity index (χ0) is 30.3. The molecule has 0 aliphatic carbocycles. The lowest BCUT2D eigenvalue weighted by Gasteiger charge is -2.09. The fourth-order valence-electron chi connectivity index (χ4n) is 2.84. The number of rotatable bonds is 39. The molecule has 0 heterocycles. The summed E-state index contributed by atoms with van der Waals surface area (Å²) in [5.74, 6) is 0. The van der Waals surface area contributed by atoms with E-state index in [0.29, 0.717) is 165 Å². The van der Waals surface area contributed by atoms with Crippen LogP contribution in [0.5, 0.6) is 0 Å². The van der Waals surface area contributed by atoms with E-state index in [2.05, 4.69) is 0 Å². The zero-order valence-electron chi connectivity index (χ0n) is 25.8. The van der Waals surface area contributed by atoms with E-state index < -0.39 is 6.67 Å². The third-order valence-corrected chi connectivity index (χ3v) is 4.89. The van der Waals surface area contributed by atoms with Crippen LogP contribution in [-0.4, -0.2) is 178 Å². The molecule has 0 saturated heterocycles. The third-order valence-electron chi connectivity index (χ3n) is 4.89. The van der Waals surface area contributed by atoms with Crippen LogP contribution in [0.1, 0.15) is 6.92 Å². The van der Waals surface area contributed by atoms with Crippen LogP contribution in [0.2, 0.25) is 0 Å². The van der Waals surface area contributed by atoms with Gasteiger partial charge in [0.15, 0.2) is 0 Å². The molecule has 0 aromatic rings. The maximum Gasteiger partial charge on any atom is 0.113 e. The molecule has 0 atom stereocenters. The van der Waals surface area contributed by atoms with Crippen molar-refractivity contribution in [2.75, 3.05) is 178 Å². The van der Waals surface area contributed by atoms with E-state index in [-0.39, 0.29) is 6.61 Å². The van der Waals surface area contributed by atoms with Crippen molar-refractivity contribution in [2.24, 2.45) is 0 Å². The first kappa shape index (κ1) is 41.4. The molecule has 0 bridgehead atoms. The van der Waals surface area contributed by atoms with Gasteiger partial charge in [-0.3, -0.25) is 0 Å². The first-order valence-corrected chi connectivity index (χ1v) is 15.0. The minimum atomic E-state index is -0.474. The van der Waals surface area contributed by atoms with Gasteiger partial charge in [0.05, 0.1) is 165 Å². The maximum absolute atomic E-state index is 11.8. The van der Waals surface area contributed by atoms with Crippen LogP contribution < -0.4 is 0 Å². The summed E-state index contributed by atoms with van der Waals surface area (Å²) in [6.07, 6.45) is 0. The molecular weight excluding hydrogens is 563 g/mol. The van der Waals surface area contributed by atoms with Crippen LogP contribution in [0.3, 0.4) is 0 Å². The Kier molecular flexibility index (Phi) is 39.8. The van der Waals surface area contributed by atoms with Crippen LogP contribution in [0.4, 0.5) is 4.39 Å². The molecule has 13 nitrogen and oxygen atoms in total. The molecule has 0 aromatic heterocycles. The molecule has 0 fully saturated rings. The molecule has 0 amide bonds. The van der Waals surface area contributed by atoms with Gasteiger partial charge in [-0.05, 0) is 6.92 Å². The quantitative estimate of drug-likeness (QED) is 0.0917. The highest BCUT2D eigenvalue weighted by molar-refractivity contribution is 4.39. The molecule has 0 aliphatic heterocycles. The highest BCUT2D eigenvalue weighted by Gasteiger charge is 1.96. The van der Waals surface area contributed by atoms with Gasteiger partial charge in [0.2, 0.25) is 0 Å². The van der Waals surface area contributed by atoms with E-state index in [9.17, 15) is 4.39 Å². The summed E-state index contributed by atoms with van der Waals surface area (Å²) in [7, 11) is 0. The van der Waals surface area contributed by atoms with Crippen LogP contribution in [0.15, 0.2) is 0 Å². The van der Waals surface area contributed by atoms with Gasteiger partial charge in [0.25, 0.3) is 0 Å². The molecular formula is C28H57FO13. The fourth-order valence-corrected chi connectivity index (χ4v) is 2.84. The van der Waals surface area contributed by atoms with Crippen molar-refractivity contribution in [3.63, 3.8) is 0 Å². The van der Waals surface area contributed by atoms with E-state index in [1.54, 1.807) is 0 Å². The summed E-state index contributed by atoms with van der Waals surface area (Å²) in [4.78, 5) is 0. The number of hydrogen-bond donors (Lipinski definition) is 0. The first-order chi connectivity index (χ1) is 20.9. The highest BCUT2D eigenvalue weighted by atomic mass is 19.1. The largest absolute Gasteiger partial charge is 0.379 e. The average molecular weight is 621 g/mol. The SMILES string of the molecule is CCOCCOCCOCCOCCOCCOCCOCCOCCOCCOCCOCCOCCOCCF. The van der Waals surface area contributed by atoms with Crippen LogP contribution in [-0.2, 0) is 61.6 Å². The summed E-state index contributed by atoms with van der Waals surface area (Å²) in [5, 5.41) is 0. The molecule has 42 heavy (non-hydrogen) atoms. The van der Waals surface area contributed by atoms with Crippen molar-refractivity contribution in [1.82, 2.24) is 0 Å². The van der Waals surface area contributed by atoms with Gasteiger partial charge in [0, 0.05) is 6.61 Å². The Bertz CT molecular complexity index is 430. The first-order valence-electron chi connectivity index (χ1n) is 15.0. The Morgan fingerprint density at radius 2 is 0.381 bits per heavy atom. The molecule has 0 radical (unpaired) electrons. The van der Waals surface area contributed by atoms with E-state index in [1.807, 2.05) is 6.92 Å². The smallest absolute Gasteiger partial charge is 0.113 e. The summed E-state index contributed by atoms with van der Waals surface area (Å²) >= 11 is 0. The van der Waals surface area contributed by atoms with Crippen molar-refractivity contribution in [2.45, 2.75) is 6.92 Å². The Hall–Kier alpha value is -0.590. The Morgan fingerprint density at radius 1 is 0.238 bits per heavy atom. The monoisotopic (exact) mass is 620 g/mol. The lowest BCUT2D eigenvalue weighted by molar-refractivity contribution is -0.0290. The van der Waals surface area contributed by atoms with Gasteiger partial charge >= 0.3 is 0 Å². The standard InChI is InChI=1S/C28H57FO13/c1-2-30-5-6-32-9-10-34-13-14-36-17-18-38-21-22-40-25-26-42-28-27-41-24-23-39-20-19-37-16-15-35-12-11-33-8-7-31-4-3-29/h2-28H2,1H3. The zero-order valence-corrected chi connectivity index (χ0v) is 25.8. The number of alkyl halides is 1. The molecule has 0 rings (SSSR count). The van der Waals surface area contributed by atoms with Crippen molar-refractivity contribution in [1.29, 1.82) is 0 Å². The van der Waals surface area contributed by atoms with Gasteiger partial charge in [-0.15, -0.1) is 0 Å². The van der Waals surface area contributed by atoms with E-state index in [1.165, 1.54) is 0 Å². The molecule has 14 heteroatoms. The molecule has 0 saturated carbocycles. The van der Waals surface area contributed by atoms with Gasteiger partial charge in [-0.2, -0.15) is 0 Å². The predicted molar refractivity (Wildman–Crippen MR) is 152 cm³/mol. The number of hydrogen-bond acceptors (Lipinski definition) is 13. The molecule has 0 aliphatic rings. The second-order valence-corrected chi connectivity index (χ2v) is 8.23. The third kappa shape index (κ3) is 39.4. The highest BCUT2D eigenvalue weighted by Crippen LogP contribution is 1.87. The number of ether oxygens (including phenoxy) is 13. The molecule has 254 valence electrons. The maximum atomic E-state index is 11.8. The van der Waals surface area contributed by atoms with Crippen molar-refractivity contribution < 1.29 is 66.0 Å². The van der Waals surface area contributed by atoms with E-state index in [4.69, 9.17) is 61.6 Å². The van der Waals surface area contributed by atoms with Gasteiger partial charge in [-0.25, -0.2) is 4.39 Å². The molecule has 0 unspecified atom stereocenters. The van der Waals surface area contributed by atoms with Crippen molar-refractivity contribution >= 4 is 0 Å². The lowest BCUT2D eigenvalue weighted by atomic mass is 10.6. The van der Waals surface area contributed by atoms with Gasteiger partial charge < -0.3 is 61.6 Å². The second kappa shape index (κ2) is 40.4. The van der Waals surface area contributed by atoms with E-state index in [0.717, 1.165) is 0 Å². The minimum absolute atomic E-state index is 0.113. The molecule has 0 spiro atoms. The van der Waals surface area contributed by atoms with Crippen molar-refractivity contribution in [3.05, 3.63) is 0 Å². The Balaban J connectivity index is 3.02. The van der Waals surface area contributed by atoms with Gasteiger partial charge in [-0.1, -0.05) is 0 Å². The summed E-state index contributed by atoms with van der Waals surface area (Å²) < 4.78 is 81.5. The fraction of sp³-hybridized carbons (Fsp3) is 1.00. The molecule has 0 aromatic carbocycles.